The van der Waals surface area contributed by atoms with Gasteiger partial charge in [0.25, 0.3) is 0 Å². The molecular formula is C24H18FNO2. The molecule has 1 heterocycles. The molecular weight excluding hydrogens is 353 g/mol. The zero-order chi connectivity index (χ0) is 19.5. The summed E-state index contributed by atoms with van der Waals surface area (Å²) in [6, 6.07) is 23.2. The first kappa shape index (κ1) is 17.9. The van der Waals surface area contributed by atoms with Gasteiger partial charge in [0, 0.05) is 10.9 Å². The minimum Gasteiger partial charge on any atom is -0.457 e. The molecule has 0 amide bonds. The van der Waals surface area contributed by atoms with E-state index < -0.39 is 5.97 Å². The molecule has 4 heteroatoms. The van der Waals surface area contributed by atoms with Crippen LogP contribution in [0.1, 0.15) is 21.5 Å². The molecule has 0 aliphatic rings. The maximum Gasteiger partial charge on any atom is 0.339 e. The van der Waals surface area contributed by atoms with Gasteiger partial charge >= 0.3 is 5.97 Å². The summed E-state index contributed by atoms with van der Waals surface area (Å²) in [4.78, 5) is 17.5. The predicted octanol–water partition coefficient (Wildman–Crippen LogP) is 5.71. The number of ether oxygens (including phenoxy) is 1. The number of carbonyl (C=O) groups is 1. The van der Waals surface area contributed by atoms with Crippen molar-refractivity contribution in [2.75, 3.05) is 0 Å². The number of para-hydroxylation sites is 1. The molecule has 4 rings (SSSR count). The van der Waals surface area contributed by atoms with Crippen molar-refractivity contribution in [2.24, 2.45) is 0 Å². The third kappa shape index (κ3) is 3.76. The average molecular weight is 371 g/mol. The van der Waals surface area contributed by atoms with Crippen molar-refractivity contribution in [3.63, 3.8) is 0 Å². The lowest BCUT2D eigenvalue weighted by Gasteiger charge is -2.10. The Morgan fingerprint density at radius 3 is 2.43 bits per heavy atom. The Morgan fingerprint density at radius 1 is 0.964 bits per heavy atom. The van der Waals surface area contributed by atoms with Crippen LogP contribution in [-0.2, 0) is 11.3 Å². The smallest absolute Gasteiger partial charge is 0.339 e. The van der Waals surface area contributed by atoms with Crippen LogP contribution in [0.5, 0.6) is 0 Å². The number of hydrogen-bond donors (Lipinski definition) is 0. The van der Waals surface area contributed by atoms with E-state index in [4.69, 9.17) is 9.72 Å². The van der Waals surface area contributed by atoms with Gasteiger partial charge in [-0.1, -0.05) is 60.2 Å². The van der Waals surface area contributed by atoms with E-state index >= 15 is 0 Å². The molecule has 28 heavy (non-hydrogen) atoms. The van der Waals surface area contributed by atoms with Crippen molar-refractivity contribution >= 4 is 16.9 Å². The van der Waals surface area contributed by atoms with Gasteiger partial charge in [0.2, 0.25) is 0 Å². The number of nitrogens with zero attached hydrogens (tertiary/aromatic N) is 1. The maximum absolute atomic E-state index is 13.0. The molecule has 4 aromatic rings. The number of carbonyl (C=O) groups excluding carboxylic acids is 1. The topological polar surface area (TPSA) is 39.2 Å². The van der Waals surface area contributed by atoms with E-state index in [2.05, 4.69) is 0 Å². The fourth-order valence-electron chi connectivity index (χ4n) is 3.02. The molecule has 138 valence electrons. The maximum atomic E-state index is 13.0. The molecule has 0 fully saturated rings. The van der Waals surface area contributed by atoms with E-state index in [1.54, 1.807) is 18.2 Å². The number of hydrogen-bond acceptors (Lipinski definition) is 3. The molecule has 0 unspecified atom stereocenters. The van der Waals surface area contributed by atoms with Gasteiger partial charge in [0.05, 0.1) is 16.8 Å². The molecule has 1 aromatic heterocycles. The predicted molar refractivity (Wildman–Crippen MR) is 107 cm³/mol. The Kier molecular flexibility index (Phi) is 4.85. The summed E-state index contributed by atoms with van der Waals surface area (Å²) in [7, 11) is 0. The van der Waals surface area contributed by atoms with Crippen molar-refractivity contribution in [2.45, 2.75) is 13.5 Å². The van der Waals surface area contributed by atoms with Gasteiger partial charge in [-0.05, 0) is 36.8 Å². The summed E-state index contributed by atoms with van der Waals surface area (Å²) < 4.78 is 18.5. The van der Waals surface area contributed by atoms with E-state index in [0.29, 0.717) is 11.3 Å². The van der Waals surface area contributed by atoms with Crippen LogP contribution >= 0.6 is 0 Å². The number of benzene rings is 3. The van der Waals surface area contributed by atoms with E-state index in [0.717, 1.165) is 27.6 Å². The molecule has 0 aliphatic heterocycles. The van der Waals surface area contributed by atoms with Crippen LogP contribution in [0.15, 0.2) is 78.9 Å². The molecule has 0 aliphatic carbocycles. The van der Waals surface area contributed by atoms with Crippen LogP contribution in [-0.4, -0.2) is 11.0 Å². The Balaban J connectivity index is 1.69. The van der Waals surface area contributed by atoms with Crippen molar-refractivity contribution in [3.05, 3.63) is 101 Å². The second kappa shape index (κ2) is 7.61. The normalized spacial score (nSPS) is 10.8. The van der Waals surface area contributed by atoms with Gasteiger partial charge in [-0.25, -0.2) is 14.2 Å². The molecule has 3 aromatic carbocycles. The standard InChI is InChI=1S/C24H18FNO2/c1-16-6-10-18(11-7-16)23-14-21(20-4-2-3-5-22(20)26-23)24(27)28-15-17-8-12-19(25)13-9-17/h2-14H,15H2,1H3. The highest BCUT2D eigenvalue weighted by molar-refractivity contribution is 6.04. The molecule has 0 bridgehead atoms. The van der Waals surface area contributed by atoms with Gasteiger partial charge in [-0.15, -0.1) is 0 Å². The summed E-state index contributed by atoms with van der Waals surface area (Å²) in [5.41, 5.74) is 4.73. The first-order valence-corrected chi connectivity index (χ1v) is 8.98. The summed E-state index contributed by atoms with van der Waals surface area (Å²) >= 11 is 0. The molecule has 0 saturated carbocycles. The Labute approximate surface area is 162 Å². The van der Waals surface area contributed by atoms with Crippen LogP contribution in [0.3, 0.4) is 0 Å². The second-order valence-corrected chi connectivity index (χ2v) is 6.64. The molecule has 3 nitrogen and oxygen atoms in total. The first-order valence-electron chi connectivity index (χ1n) is 8.98. The number of fused-ring (bicyclic) bond motifs is 1. The fourth-order valence-corrected chi connectivity index (χ4v) is 3.02. The van der Waals surface area contributed by atoms with Crippen LogP contribution < -0.4 is 0 Å². The Bertz CT molecular complexity index is 1140. The number of aryl methyl sites for hydroxylation is 1. The van der Waals surface area contributed by atoms with Gasteiger partial charge in [0.15, 0.2) is 0 Å². The van der Waals surface area contributed by atoms with Crippen molar-refractivity contribution in [3.8, 4) is 11.3 Å². The Hall–Kier alpha value is -3.53. The van der Waals surface area contributed by atoms with Gasteiger partial charge in [-0.2, -0.15) is 0 Å². The molecule has 0 spiro atoms. The lowest BCUT2D eigenvalue weighted by Crippen LogP contribution is -2.07. The van der Waals surface area contributed by atoms with E-state index in [9.17, 15) is 9.18 Å². The van der Waals surface area contributed by atoms with Gasteiger partial charge in [0.1, 0.15) is 12.4 Å². The number of aromatic nitrogens is 1. The monoisotopic (exact) mass is 371 g/mol. The molecule has 0 N–H and O–H groups in total. The van der Waals surface area contributed by atoms with E-state index in [-0.39, 0.29) is 12.4 Å². The Morgan fingerprint density at radius 2 is 1.68 bits per heavy atom. The molecule has 0 atom stereocenters. The number of rotatable bonds is 4. The number of halogens is 1. The summed E-state index contributed by atoms with van der Waals surface area (Å²) in [6.45, 7) is 2.10. The summed E-state index contributed by atoms with van der Waals surface area (Å²) in [5, 5.41) is 0.738. The highest BCUT2D eigenvalue weighted by Crippen LogP contribution is 2.26. The second-order valence-electron chi connectivity index (χ2n) is 6.64. The molecule has 0 saturated heterocycles. The lowest BCUT2D eigenvalue weighted by molar-refractivity contribution is 0.0475. The minimum absolute atomic E-state index is 0.0790. The van der Waals surface area contributed by atoms with E-state index in [1.807, 2.05) is 55.5 Å². The van der Waals surface area contributed by atoms with Gasteiger partial charge in [-0.3, -0.25) is 0 Å². The largest absolute Gasteiger partial charge is 0.457 e. The van der Waals surface area contributed by atoms with Crippen LogP contribution in [0.25, 0.3) is 22.2 Å². The van der Waals surface area contributed by atoms with Crippen molar-refractivity contribution in [1.29, 1.82) is 0 Å². The third-order valence-electron chi connectivity index (χ3n) is 4.57. The first-order chi connectivity index (χ1) is 13.6. The lowest BCUT2D eigenvalue weighted by atomic mass is 10.0. The fraction of sp³-hybridized carbons (Fsp3) is 0.0833. The number of esters is 1. The third-order valence-corrected chi connectivity index (χ3v) is 4.57. The zero-order valence-electron chi connectivity index (χ0n) is 15.4. The minimum atomic E-state index is -0.434. The van der Waals surface area contributed by atoms with Gasteiger partial charge < -0.3 is 4.74 Å². The highest BCUT2D eigenvalue weighted by Gasteiger charge is 2.15. The van der Waals surface area contributed by atoms with E-state index in [1.165, 1.54) is 12.1 Å². The molecule has 0 radical (unpaired) electrons. The van der Waals surface area contributed by atoms with Crippen molar-refractivity contribution < 1.29 is 13.9 Å². The summed E-state index contributed by atoms with van der Waals surface area (Å²) in [5.74, 6) is -0.755. The quantitative estimate of drug-likeness (QED) is 0.432. The number of pyridine rings is 1. The van der Waals surface area contributed by atoms with Crippen LogP contribution in [0, 0.1) is 12.7 Å². The SMILES string of the molecule is Cc1ccc(-c2cc(C(=O)OCc3ccc(F)cc3)c3ccccc3n2)cc1. The zero-order valence-corrected chi connectivity index (χ0v) is 15.4. The average Bonchev–Trinajstić information content (AvgIpc) is 2.73. The van der Waals surface area contributed by atoms with Crippen LogP contribution in [0.4, 0.5) is 4.39 Å². The van der Waals surface area contributed by atoms with Crippen molar-refractivity contribution in [1.82, 2.24) is 4.98 Å². The highest BCUT2D eigenvalue weighted by atomic mass is 19.1. The summed E-state index contributed by atoms with van der Waals surface area (Å²) in [6.07, 6.45) is 0. The van der Waals surface area contributed by atoms with Crippen LogP contribution in [0.2, 0.25) is 0 Å².